The van der Waals surface area contributed by atoms with Gasteiger partial charge in [0.1, 0.15) is 6.29 Å². The Morgan fingerprint density at radius 1 is 1.19 bits per heavy atom. The quantitative estimate of drug-likeness (QED) is 0.529. The van der Waals surface area contributed by atoms with Crippen LogP contribution in [0, 0.1) is 0 Å². The Balaban J connectivity index is 2.15. The second-order valence-electron chi connectivity index (χ2n) is 4.50. The Morgan fingerprint density at radius 3 is 2.69 bits per heavy atom. The van der Waals surface area contributed by atoms with Gasteiger partial charge in [-0.1, -0.05) is 24.3 Å². The lowest BCUT2D eigenvalue weighted by molar-refractivity contribution is -0.117. The maximum absolute atomic E-state index is 11.9. The highest BCUT2D eigenvalue weighted by molar-refractivity contribution is 6.02. The van der Waals surface area contributed by atoms with Crippen molar-refractivity contribution in [1.29, 1.82) is 0 Å². The average molecular weight is 212 g/mol. The molecule has 2 atom stereocenters. The Kier molecular flexibility index (Phi) is 2.03. The van der Waals surface area contributed by atoms with Crippen LogP contribution in [0.5, 0.6) is 0 Å². The number of carbonyl (C=O) groups is 2. The van der Waals surface area contributed by atoms with Crippen molar-refractivity contribution >= 4 is 12.1 Å². The first-order chi connectivity index (χ1) is 7.81. The molecule has 1 aromatic carbocycles. The van der Waals surface area contributed by atoms with Crippen LogP contribution >= 0.6 is 0 Å². The van der Waals surface area contributed by atoms with Gasteiger partial charge in [-0.25, -0.2) is 0 Å². The van der Waals surface area contributed by atoms with Gasteiger partial charge in [-0.3, -0.25) is 9.59 Å². The molecule has 0 aliphatic heterocycles. The van der Waals surface area contributed by atoms with Gasteiger partial charge in [-0.2, -0.15) is 0 Å². The number of carbonyl (C=O) groups excluding carboxylic acids is 2. The molecule has 2 aliphatic carbocycles. The molecular formula is C14H12O2. The van der Waals surface area contributed by atoms with E-state index in [-0.39, 0.29) is 11.7 Å². The van der Waals surface area contributed by atoms with Crippen LogP contribution in [0.1, 0.15) is 35.8 Å². The Hall–Kier alpha value is -1.70. The van der Waals surface area contributed by atoms with Crippen molar-refractivity contribution in [3.63, 3.8) is 0 Å². The van der Waals surface area contributed by atoms with Crippen LogP contribution in [-0.4, -0.2) is 12.1 Å². The van der Waals surface area contributed by atoms with Crippen LogP contribution in [0.4, 0.5) is 0 Å². The van der Waals surface area contributed by atoms with E-state index in [2.05, 4.69) is 12.1 Å². The standard InChI is InChI=1S/C14H12O2/c15-6-5-12-13-7-9(8-14(12)16)10-3-1-2-4-11(10)13/h1-6,9,13H,7-8H2/b12-5+/t9-,13-/m1/s1. The first-order valence-electron chi connectivity index (χ1n) is 5.58. The van der Waals surface area contributed by atoms with E-state index < -0.39 is 0 Å². The van der Waals surface area contributed by atoms with E-state index in [0.717, 1.165) is 12.7 Å². The third-order valence-electron chi connectivity index (χ3n) is 3.71. The van der Waals surface area contributed by atoms with Gasteiger partial charge in [0.25, 0.3) is 0 Å². The van der Waals surface area contributed by atoms with E-state index in [9.17, 15) is 9.59 Å². The normalized spacial score (nSPS) is 29.2. The molecule has 0 heterocycles. The molecule has 2 bridgehead atoms. The summed E-state index contributed by atoms with van der Waals surface area (Å²) in [6.07, 6.45) is 3.73. The minimum atomic E-state index is 0.143. The second-order valence-corrected chi connectivity index (χ2v) is 4.50. The number of allylic oxidation sites excluding steroid dienone is 2. The molecule has 16 heavy (non-hydrogen) atoms. The molecular weight excluding hydrogens is 200 g/mol. The Bertz CT molecular complexity index is 499. The lowest BCUT2D eigenvalue weighted by Gasteiger charge is -2.20. The van der Waals surface area contributed by atoms with Gasteiger partial charge >= 0.3 is 0 Å². The summed E-state index contributed by atoms with van der Waals surface area (Å²) in [5.74, 6) is 0.676. The lowest BCUT2D eigenvalue weighted by Crippen LogP contribution is -2.17. The first kappa shape index (κ1) is 9.52. The molecule has 0 radical (unpaired) electrons. The summed E-state index contributed by atoms with van der Waals surface area (Å²) in [7, 11) is 0. The fraction of sp³-hybridized carbons (Fsp3) is 0.286. The summed E-state index contributed by atoms with van der Waals surface area (Å²) < 4.78 is 0. The van der Waals surface area contributed by atoms with Gasteiger partial charge in [-0.15, -0.1) is 0 Å². The monoisotopic (exact) mass is 212 g/mol. The van der Waals surface area contributed by atoms with Gasteiger partial charge in [0.05, 0.1) is 0 Å². The molecule has 0 unspecified atom stereocenters. The number of hydrogen-bond acceptors (Lipinski definition) is 2. The molecule has 2 aliphatic rings. The smallest absolute Gasteiger partial charge is 0.160 e. The Labute approximate surface area is 94.0 Å². The molecule has 80 valence electrons. The topological polar surface area (TPSA) is 34.1 Å². The van der Waals surface area contributed by atoms with Crippen molar-refractivity contribution in [3.8, 4) is 0 Å². The van der Waals surface area contributed by atoms with Gasteiger partial charge < -0.3 is 0 Å². The number of benzene rings is 1. The van der Waals surface area contributed by atoms with Crippen LogP contribution in [0.25, 0.3) is 0 Å². The number of fused-ring (bicyclic) bond motifs is 5. The molecule has 2 heteroatoms. The van der Waals surface area contributed by atoms with Gasteiger partial charge in [0.15, 0.2) is 5.78 Å². The zero-order valence-electron chi connectivity index (χ0n) is 8.85. The molecule has 1 saturated carbocycles. The summed E-state index contributed by atoms with van der Waals surface area (Å²) in [6.45, 7) is 0. The minimum absolute atomic E-state index is 0.143. The molecule has 2 nitrogen and oxygen atoms in total. The summed E-state index contributed by atoms with van der Waals surface area (Å²) in [6, 6.07) is 8.21. The number of hydrogen-bond donors (Lipinski definition) is 0. The summed E-state index contributed by atoms with van der Waals surface area (Å²) >= 11 is 0. The van der Waals surface area contributed by atoms with Crippen molar-refractivity contribution in [2.24, 2.45) is 0 Å². The number of rotatable bonds is 1. The van der Waals surface area contributed by atoms with Crippen LogP contribution in [0.2, 0.25) is 0 Å². The van der Waals surface area contributed by atoms with E-state index in [0.29, 0.717) is 17.9 Å². The van der Waals surface area contributed by atoms with Crippen LogP contribution < -0.4 is 0 Å². The molecule has 0 saturated heterocycles. The third kappa shape index (κ3) is 1.19. The van der Waals surface area contributed by atoms with Crippen molar-refractivity contribution < 1.29 is 9.59 Å². The molecule has 1 aromatic rings. The van der Waals surface area contributed by atoms with Gasteiger partial charge in [0.2, 0.25) is 0 Å². The zero-order valence-corrected chi connectivity index (χ0v) is 8.85. The summed E-state index contributed by atoms with van der Waals surface area (Å²) in [5, 5.41) is 0. The van der Waals surface area contributed by atoms with E-state index in [4.69, 9.17) is 0 Å². The molecule has 0 spiro atoms. The maximum atomic E-state index is 11.9. The van der Waals surface area contributed by atoms with Crippen LogP contribution in [0.3, 0.4) is 0 Å². The highest BCUT2D eigenvalue weighted by Crippen LogP contribution is 2.51. The molecule has 0 N–H and O–H groups in total. The van der Waals surface area contributed by atoms with E-state index in [1.54, 1.807) is 0 Å². The van der Waals surface area contributed by atoms with E-state index >= 15 is 0 Å². The third-order valence-corrected chi connectivity index (χ3v) is 3.71. The highest BCUT2D eigenvalue weighted by Gasteiger charge is 2.40. The number of Topliss-reactive ketones (excluding diaryl/α,β-unsaturated/α-hetero) is 1. The number of aldehydes is 1. The molecule has 0 amide bonds. The second kappa shape index (κ2) is 3.41. The van der Waals surface area contributed by atoms with Gasteiger partial charge in [0, 0.05) is 17.9 Å². The largest absolute Gasteiger partial charge is 0.299 e. The molecule has 0 aromatic heterocycles. The van der Waals surface area contributed by atoms with Gasteiger partial charge in [-0.05, 0) is 29.5 Å². The number of ketones is 1. The van der Waals surface area contributed by atoms with Crippen molar-refractivity contribution in [1.82, 2.24) is 0 Å². The average Bonchev–Trinajstić information content (AvgIpc) is 2.60. The zero-order chi connectivity index (χ0) is 11.1. The predicted molar refractivity (Wildman–Crippen MR) is 60.3 cm³/mol. The Morgan fingerprint density at radius 2 is 1.94 bits per heavy atom. The van der Waals surface area contributed by atoms with Crippen LogP contribution in [-0.2, 0) is 9.59 Å². The van der Waals surface area contributed by atoms with E-state index in [1.165, 1.54) is 17.2 Å². The molecule has 1 fully saturated rings. The first-order valence-corrected chi connectivity index (χ1v) is 5.58. The SMILES string of the molecule is O=C/C=C1/C(=O)C[C@H]2C[C@@H]1c1ccccc12. The minimum Gasteiger partial charge on any atom is -0.299 e. The van der Waals surface area contributed by atoms with E-state index in [1.807, 2.05) is 12.1 Å². The highest BCUT2D eigenvalue weighted by atomic mass is 16.1. The fourth-order valence-corrected chi connectivity index (χ4v) is 3.04. The molecule has 3 rings (SSSR count). The van der Waals surface area contributed by atoms with Crippen molar-refractivity contribution in [2.75, 3.05) is 0 Å². The van der Waals surface area contributed by atoms with Crippen LogP contribution in [0.15, 0.2) is 35.9 Å². The van der Waals surface area contributed by atoms with Crippen molar-refractivity contribution in [3.05, 3.63) is 47.0 Å². The van der Waals surface area contributed by atoms with Crippen molar-refractivity contribution in [2.45, 2.75) is 24.7 Å². The summed E-state index contributed by atoms with van der Waals surface area (Å²) in [5.41, 5.74) is 3.25. The maximum Gasteiger partial charge on any atom is 0.160 e. The summed E-state index contributed by atoms with van der Waals surface area (Å²) in [4.78, 5) is 22.5. The predicted octanol–water partition coefficient (Wildman–Crippen LogP) is 2.36. The fourth-order valence-electron chi connectivity index (χ4n) is 3.04. The lowest BCUT2D eigenvalue weighted by atomic mass is 9.81.